The van der Waals surface area contributed by atoms with Crippen molar-refractivity contribution < 1.29 is 18.1 Å². The molecule has 0 aliphatic heterocycles. The first-order valence-corrected chi connectivity index (χ1v) is 11.3. The Hall–Kier alpha value is -3.57. The van der Waals surface area contributed by atoms with E-state index in [2.05, 4.69) is 10.5 Å². The molecule has 0 bridgehead atoms. The highest BCUT2D eigenvalue weighted by molar-refractivity contribution is 7.92. The quantitative estimate of drug-likeness (QED) is 0.315. The molecule has 0 aliphatic carbocycles. The van der Waals surface area contributed by atoms with E-state index in [1.807, 2.05) is 17.5 Å². The number of amides is 1. The number of nitro benzene ring substituents is 1. The van der Waals surface area contributed by atoms with Gasteiger partial charge in [0.15, 0.2) is 0 Å². The van der Waals surface area contributed by atoms with E-state index < -0.39 is 33.1 Å². The van der Waals surface area contributed by atoms with E-state index in [1.165, 1.54) is 59.9 Å². The zero-order chi connectivity index (χ0) is 22.4. The molecule has 0 atom stereocenters. The summed E-state index contributed by atoms with van der Waals surface area (Å²) in [4.78, 5) is 24.1. The van der Waals surface area contributed by atoms with E-state index in [1.54, 1.807) is 13.0 Å². The Bertz CT molecular complexity index is 1210. The van der Waals surface area contributed by atoms with Crippen molar-refractivity contribution in [1.82, 2.24) is 5.43 Å². The summed E-state index contributed by atoms with van der Waals surface area (Å²) in [7, 11) is -4.27. The highest BCUT2D eigenvalue weighted by Gasteiger charge is 2.31. The third-order valence-corrected chi connectivity index (χ3v) is 6.94. The van der Waals surface area contributed by atoms with Gasteiger partial charge in [-0.25, -0.2) is 18.1 Å². The summed E-state index contributed by atoms with van der Waals surface area (Å²) in [5.74, 6) is -0.742. The Balaban J connectivity index is 1.96. The van der Waals surface area contributed by atoms with E-state index in [0.717, 1.165) is 4.88 Å². The van der Waals surface area contributed by atoms with Crippen molar-refractivity contribution in [2.75, 3.05) is 10.8 Å². The molecule has 0 spiro atoms. The highest BCUT2D eigenvalue weighted by Crippen LogP contribution is 2.31. The van der Waals surface area contributed by atoms with Crippen LogP contribution in [0.25, 0.3) is 0 Å². The second-order valence-corrected chi connectivity index (χ2v) is 9.09. The molecule has 0 aliphatic rings. The molecule has 1 N–H and O–H groups in total. The van der Waals surface area contributed by atoms with Crippen LogP contribution in [0.4, 0.5) is 11.4 Å². The molecule has 31 heavy (non-hydrogen) atoms. The van der Waals surface area contributed by atoms with E-state index in [4.69, 9.17) is 0 Å². The van der Waals surface area contributed by atoms with Crippen molar-refractivity contribution in [3.05, 3.63) is 87.1 Å². The number of hydrazone groups is 1. The van der Waals surface area contributed by atoms with Crippen LogP contribution in [0.3, 0.4) is 0 Å². The van der Waals surface area contributed by atoms with Gasteiger partial charge in [-0.2, -0.15) is 5.10 Å². The number of rotatable bonds is 8. The lowest BCUT2D eigenvalue weighted by atomic mass is 10.2. The lowest BCUT2D eigenvalue weighted by Gasteiger charge is -2.23. The van der Waals surface area contributed by atoms with Crippen LogP contribution in [-0.2, 0) is 14.8 Å². The van der Waals surface area contributed by atoms with E-state index in [-0.39, 0.29) is 10.6 Å². The summed E-state index contributed by atoms with van der Waals surface area (Å²) in [6.07, 6.45) is 0. The van der Waals surface area contributed by atoms with Crippen LogP contribution in [0.1, 0.15) is 11.8 Å². The van der Waals surface area contributed by atoms with Gasteiger partial charge in [-0.15, -0.1) is 11.3 Å². The number of nitrogens with zero attached hydrogens (tertiary/aromatic N) is 3. The number of carbonyl (C=O) groups is 1. The molecule has 1 amide bonds. The number of benzene rings is 2. The van der Waals surface area contributed by atoms with Gasteiger partial charge in [0, 0.05) is 10.9 Å². The van der Waals surface area contributed by atoms with Crippen molar-refractivity contribution in [1.29, 1.82) is 0 Å². The second kappa shape index (κ2) is 9.49. The van der Waals surface area contributed by atoms with Gasteiger partial charge in [0.2, 0.25) is 0 Å². The molecule has 3 aromatic rings. The maximum Gasteiger partial charge on any atom is 0.293 e. The van der Waals surface area contributed by atoms with Gasteiger partial charge in [0.1, 0.15) is 12.2 Å². The lowest BCUT2D eigenvalue weighted by molar-refractivity contribution is -0.384. The number of nitrogens with one attached hydrogen (secondary N) is 1. The van der Waals surface area contributed by atoms with Gasteiger partial charge in [-0.1, -0.05) is 36.4 Å². The van der Waals surface area contributed by atoms with Crippen molar-refractivity contribution in [3.8, 4) is 0 Å². The zero-order valence-electron chi connectivity index (χ0n) is 16.3. The molecule has 1 heterocycles. The summed E-state index contributed by atoms with van der Waals surface area (Å²) in [6, 6.07) is 16.4. The number of hydrogen-bond acceptors (Lipinski definition) is 7. The molecule has 1 aromatic heterocycles. The third-order valence-electron chi connectivity index (χ3n) is 4.19. The number of sulfonamides is 1. The number of hydrogen-bond donors (Lipinski definition) is 1. The Morgan fingerprint density at radius 1 is 1.10 bits per heavy atom. The van der Waals surface area contributed by atoms with Crippen LogP contribution in [0.2, 0.25) is 0 Å². The Morgan fingerprint density at radius 3 is 2.42 bits per heavy atom. The molecule has 0 fully saturated rings. The molecule has 0 radical (unpaired) electrons. The van der Waals surface area contributed by atoms with Crippen molar-refractivity contribution in [2.45, 2.75) is 11.8 Å². The van der Waals surface area contributed by atoms with Crippen LogP contribution >= 0.6 is 11.3 Å². The number of nitro groups is 1. The fourth-order valence-corrected chi connectivity index (χ4v) is 4.83. The number of para-hydroxylation sites is 2. The smallest absolute Gasteiger partial charge is 0.271 e. The molecule has 0 saturated carbocycles. The monoisotopic (exact) mass is 458 g/mol. The first-order valence-electron chi connectivity index (χ1n) is 8.99. The summed E-state index contributed by atoms with van der Waals surface area (Å²) in [5.41, 5.74) is 2.22. The molecule has 160 valence electrons. The SMILES string of the molecule is C/C(=N/NC(=O)CN(c1ccccc1[N+](=O)[O-])S(=O)(=O)c1ccccc1)c1cccs1. The maximum atomic E-state index is 13.3. The van der Waals surface area contributed by atoms with E-state index in [0.29, 0.717) is 10.0 Å². The molecular formula is C20H18N4O5S2. The minimum absolute atomic E-state index is 0.0979. The van der Waals surface area contributed by atoms with Crippen molar-refractivity contribution in [3.63, 3.8) is 0 Å². The van der Waals surface area contributed by atoms with Crippen LogP contribution in [-0.4, -0.2) is 31.5 Å². The minimum atomic E-state index is -4.27. The average molecular weight is 459 g/mol. The fourth-order valence-electron chi connectivity index (χ4n) is 2.70. The molecule has 2 aromatic carbocycles. The highest BCUT2D eigenvalue weighted by atomic mass is 32.2. The van der Waals surface area contributed by atoms with Crippen LogP contribution < -0.4 is 9.73 Å². The summed E-state index contributed by atoms with van der Waals surface area (Å²) in [6.45, 7) is 1.01. The van der Waals surface area contributed by atoms with Crippen LogP contribution in [0, 0.1) is 10.1 Å². The topological polar surface area (TPSA) is 122 Å². The standard InChI is InChI=1S/C20H18N4O5S2/c1-15(19-12-7-13-30-19)21-22-20(25)14-23(17-10-5-6-11-18(17)24(26)27)31(28,29)16-8-3-2-4-9-16/h2-13H,14H2,1H3,(H,22,25)/b21-15-. The number of anilines is 1. The van der Waals surface area contributed by atoms with Crippen LogP contribution in [0.15, 0.2) is 82.1 Å². The van der Waals surface area contributed by atoms with Crippen LogP contribution in [0.5, 0.6) is 0 Å². The van der Waals surface area contributed by atoms with Gasteiger partial charge in [-0.3, -0.25) is 14.9 Å². The van der Waals surface area contributed by atoms with Gasteiger partial charge in [-0.05, 0) is 36.6 Å². The zero-order valence-corrected chi connectivity index (χ0v) is 18.0. The van der Waals surface area contributed by atoms with Gasteiger partial charge in [0.25, 0.3) is 21.6 Å². The average Bonchev–Trinajstić information content (AvgIpc) is 3.31. The molecule has 0 unspecified atom stereocenters. The normalized spacial score (nSPS) is 11.7. The predicted octanol–water partition coefficient (Wildman–Crippen LogP) is 3.39. The van der Waals surface area contributed by atoms with E-state index >= 15 is 0 Å². The van der Waals surface area contributed by atoms with Crippen molar-refractivity contribution in [2.24, 2.45) is 5.10 Å². The van der Waals surface area contributed by atoms with Gasteiger partial charge >= 0.3 is 0 Å². The fraction of sp³-hybridized carbons (Fsp3) is 0.100. The second-order valence-electron chi connectivity index (χ2n) is 6.28. The first kappa shape index (κ1) is 22.1. The van der Waals surface area contributed by atoms with Gasteiger partial charge in [0.05, 0.1) is 15.5 Å². The number of carbonyl (C=O) groups excluding carboxylic acids is 1. The Kier molecular flexibility index (Phi) is 6.78. The molecule has 9 nitrogen and oxygen atoms in total. The first-order chi connectivity index (χ1) is 14.8. The van der Waals surface area contributed by atoms with Crippen molar-refractivity contribution >= 4 is 44.4 Å². The summed E-state index contributed by atoms with van der Waals surface area (Å²) in [5, 5.41) is 17.3. The minimum Gasteiger partial charge on any atom is -0.271 e. The lowest BCUT2D eigenvalue weighted by Crippen LogP contribution is -2.40. The third kappa shape index (κ3) is 5.13. The predicted molar refractivity (Wildman–Crippen MR) is 119 cm³/mol. The molecule has 3 rings (SSSR count). The maximum absolute atomic E-state index is 13.3. The number of thiophene rings is 1. The largest absolute Gasteiger partial charge is 0.293 e. The Morgan fingerprint density at radius 2 is 1.77 bits per heavy atom. The Labute approximate surface area is 182 Å². The summed E-state index contributed by atoms with van der Waals surface area (Å²) < 4.78 is 27.2. The van der Waals surface area contributed by atoms with E-state index in [9.17, 15) is 23.3 Å². The van der Waals surface area contributed by atoms with Gasteiger partial charge < -0.3 is 0 Å². The molecular weight excluding hydrogens is 440 g/mol. The molecule has 0 saturated heterocycles. The molecule has 11 heteroatoms. The summed E-state index contributed by atoms with van der Waals surface area (Å²) >= 11 is 1.44.